The Balaban J connectivity index is 1.94. The van der Waals surface area contributed by atoms with Crippen molar-refractivity contribution in [1.82, 2.24) is 0 Å². The lowest BCUT2D eigenvalue weighted by Gasteiger charge is -2.09. The first-order valence-electron chi connectivity index (χ1n) is 21.4. The van der Waals surface area contributed by atoms with Gasteiger partial charge in [0, 0.05) is 24.2 Å². The van der Waals surface area contributed by atoms with Crippen LogP contribution < -0.4 is 10.6 Å². The summed E-state index contributed by atoms with van der Waals surface area (Å²) >= 11 is 0. The van der Waals surface area contributed by atoms with Gasteiger partial charge in [0.1, 0.15) is 0 Å². The van der Waals surface area contributed by atoms with Crippen LogP contribution in [0.15, 0.2) is 24.3 Å². The van der Waals surface area contributed by atoms with E-state index in [-0.39, 0.29) is 11.8 Å². The monoisotopic (exact) mass is 669 g/mol. The largest absolute Gasteiger partial charge is 0.326 e. The minimum atomic E-state index is 0.0667. The van der Waals surface area contributed by atoms with E-state index in [1.165, 1.54) is 180 Å². The van der Waals surface area contributed by atoms with Crippen LogP contribution in [-0.4, -0.2) is 11.8 Å². The molecular weight excluding hydrogens is 588 g/mol. The minimum Gasteiger partial charge on any atom is -0.326 e. The normalized spacial score (nSPS) is 11.2. The van der Waals surface area contributed by atoms with Crippen LogP contribution in [0, 0.1) is 0 Å². The zero-order valence-corrected chi connectivity index (χ0v) is 32.2. The van der Waals surface area contributed by atoms with Gasteiger partial charge >= 0.3 is 0 Å². The zero-order chi connectivity index (χ0) is 34.6. The van der Waals surface area contributed by atoms with Crippen LogP contribution in [-0.2, 0) is 9.59 Å². The molecule has 0 fully saturated rings. The second kappa shape index (κ2) is 35.0. The Morgan fingerprint density at radius 3 is 0.854 bits per heavy atom. The molecule has 0 spiro atoms. The molecule has 4 nitrogen and oxygen atoms in total. The molecule has 0 heterocycles. The zero-order valence-electron chi connectivity index (χ0n) is 32.2. The van der Waals surface area contributed by atoms with Crippen LogP contribution in [0.4, 0.5) is 11.4 Å². The fourth-order valence-corrected chi connectivity index (χ4v) is 6.79. The van der Waals surface area contributed by atoms with Crippen LogP contribution in [0.2, 0.25) is 0 Å². The van der Waals surface area contributed by atoms with Gasteiger partial charge in [-0.05, 0) is 31.0 Å². The SMILES string of the molecule is CCCCCCCCCCCCCCCCCCC(=O)Nc1cccc(NC(=O)CCCCCCCCCCCCCCCCCC)c1. The molecular formula is C44H80N2O2. The lowest BCUT2D eigenvalue weighted by molar-refractivity contribution is -0.117. The lowest BCUT2D eigenvalue weighted by atomic mass is 10.0. The van der Waals surface area contributed by atoms with E-state index in [1.54, 1.807) is 0 Å². The summed E-state index contributed by atoms with van der Waals surface area (Å²) in [5, 5.41) is 6.04. The van der Waals surface area contributed by atoms with Crippen molar-refractivity contribution in [2.45, 2.75) is 232 Å². The molecule has 0 bridgehead atoms. The molecule has 4 heteroatoms. The van der Waals surface area contributed by atoms with Gasteiger partial charge < -0.3 is 10.6 Å². The summed E-state index contributed by atoms with van der Waals surface area (Å²) in [6.07, 6.45) is 43.9. The number of benzene rings is 1. The van der Waals surface area contributed by atoms with E-state index in [1.807, 2.05) is 24.3 Å². The first-order chi connectivity index (χ1) is 23.7. The average molecular weight is 669 g/mol. The summed E-state index contributed by atoms with van der Waals surface area (Å²) in [5.41, 5.74) is 1.52. The number of hydrogen-bond acceptors (Lipinski definition) is 2. The standard InChI is InChI=1S/C44H80N2O2/c1-3-5-7-9-11-13-15-17-19-21-23-25-27-29-31-33-38-43(47)45-41-36-35-37-42(40-41)46-44(48)39-34-32-30-28-26-24-22-20-18-16-14-12-10-8-6-4-2/h35-37,40H,3-34,38-39H2,1-2H3,(H,45,47)(H,46,48). The minimum absolute atomic E-state index is 0.0667. The van der Waals surface area contributed by atoms with E-state index in [0.29, 0.717) is 12.8 Å². The molecule has 0 radical (unpaired) electrons. The van der Waals surface area contributed by atoms with Crippen LogP contribution in [0.1, 0.15) is 232 Å². The summed E-state index contributed by atoms with van der Waals surface area (Å²) in [6, 6.07) is 7.57. The van der Waals surface area contributed by atoms with Gasteiger partial charge in [-0.25, -0.2) is 0 Å². The van der Waals surface area contributed by atoms with Gasteiger partial charge in [0.25, 0.3) is 0 Å². The van der Waals surface area contributed by atoms with E-state index < -0.39 is 0 Å². The molecule has 1 aromatic carbocycles. The maximum absolute atomic E-state index is 12.5. The number of carbonyl (C=O) groups is 2. The first kappa shape index (κ1) is 44.2. The summed E-state index contributed by atoms with van der Waals surface area (Å²) in [5.74, 6) is 0.133. The van der Waals surface area contributed by atoms with Gasteiger partial charge in [-0.3, -0.25) is 9.59 Å². The van der Waals surface area contributed by atoms with Crippen molar-refractivity contribution in [3.63, 3.8) is 0 Å². The van der Waals surface area contributed by atoms with Gasteiger partial charge in [-0.1, -0.05) is 213 Å². The van der Waals surface area contributed by atoms with Crippen molar-refractivity contribution >= 4 is 23.2 Å². The molecule has 1 rings (SSSR count). The molecule has 0 unspecified atom stereocenters. The molecule has 0 saturated heterocycles. The molecule has 0 saturated carbocycles. The molecule has 0 atom stereocenters. The fraction of sp³-hybridized carbons (Fsp3) is 0.818. The Morgan fingerprint density at radius 1 is 0.375 bits per heavy atom. The first-order valence-corrected chi connectivity index (χ1v) is 21.4. The summed E-state index contributed by atoms with van der Waals surface area (Å²) in [6.45, 7) is 4.57. The third kappa shape index (κ3) is 30.2. The highest BCUT2D eigenvalue weighted by Crippen LogP contribution is 2.18. The smallest absolute Gasteiger partial charge is 0.224 e. The maximum atomic E-state index is 12.5. The van der Waals surface area contributed by atoms with Crippen molar-refractivity contribution in [2.75, 3.05) is 10.6 Å². The Hall–Kier alpha value is -1.84. The van der Waals surface area contributed by atoms with Gasteiger partial charge in [-0.2, -0.15) is 0 Å². The Kier molecular flexibility index (Phi) is 32.2. The number of carbonyl (C=O) groups excluding carboxylic acids is 2. The topological polar surface area (TPSA) is 58.2 Å². The summed E-state index contributed by atoms with van der Waals surface area (Å²) < 4.78 is 0. The third-order valence-corrected chi connectivity index (χ3v) is 9.94. The van der Waals surface area contributed by atoms with Gasteiger partial charge in [0.2, 0.25) is 11.8 Å². The number of amides is 2. The quantitative estimate of drug-likeness (QED) is 0.0699. The molecule has 0 aliphatic heterocycles. The molecule has 0 aliphatic rings. The van der Waals surface area contributed by atoms with Crippen molar-refractivity contribution in [2.24, 2.45) is 0 Å². The van der Waals surface area contributed by atoms with Crippen LogP contribution in [0.3, 0.4) is 0 Å². The lowest BCUT2D eigenvalue weighted by Crippen LogP contribution is -2.13. The second-order valence-electron chi connectivity index (χ2n) is 14.8. The average Bonchev–Trinajstić information content (AvgIpc) is 3.08. The number of hydrogen-bond donors (Lipinski definition) is 2. The predicted molar refractivity (Wildman–Crippen MR) is 212 cm³/mol. The van der Waals surface area contributed by atoms with E-state index in [2.05, 4.69) is 24.5 Å². The van der Waals surface area contributed by atoms with Crippen LogP contribution in [0.25, 0.3) is 0 Å². The van der Waals surface area contributed by atoms with Crippen molar-refractivity contribution in [3.8, 4) is 0 Å². The van der Waals surface area contributed by atoms with Gasteiger partial charge in [0.05, 0.1) is 0 Å². The molecule has 2 N–H and O–H groups in total. The van der Waals surface area contributed by atoms with Crippen molar-refractivity contribution in [1.29, 1.82) is 0 Å². The molecule has 0 aromatic heterocycles. The molecule has 2 amide bonds. The number of anilines is 2. The van der Waals surface area contributed by atoms with E-state index >= 15 is 0 Å². The number of unbranched alkanes of at least 4 members (excludes halogenated alkanes) is 30. The van der Waals surface area contributed by atoms with E-state index in [0.717, 1.165) is 37.1 Å². The van der Waals surface area contributed by atoms with Crippen LogP contribution >= 0.6 is 0 Å². The molecule has 48 heavy (non-hydrogen) atoms. The highest BCUT2D eigenvalue weighted by molar-refractivity contribution is 5.94. The van der Waals surface area contributed by atoms with Gasteiger partial charge in [0.15, 0.2) is 0 Å². The van der Waals surface area contributed by atoms with Crippen molar-refractivity contribution in [3.05, 3.63) is 24.3 Å². The van der Waals surface area contributed by atoms with Crippen LogP contribution in [0.5, 0.6) is 0 Å². The summed E-state index contributed by atoms with van der Waals surface area (Å²) in [4.78, 5) is 24.9. The summed E-state index contributed by atoms with van der Waals surface area (Å²) in [7, 11) is 0. The molecule has 278 valence electrons. The fourth-order valence-electron chi connectivity index (χ4n) is 6.79. The Labute approximate surface area is 299 Å². The Bertz CT molecular complexity index is 789. The Morgan fingerprint density at radius 2 is 0.604 bits per heavy atom. The second-order valence-corrected chi connectivity index (χ2v) is 14.8. The molecule has 1 aromatic rings. The van der Waals surface area contributed by atoms with E-state index in [9.17, 15) is 9.59 Å². The molecule has 0 aliphatic carbocycles. The van der Waals surface area contributed by atoms with E-state index in [4.69, 9.17) is 0 Å². The highest BCUT2D eigenvalue weighted by atomic mass is 16.2. The highest BCUT2D eigenvalue weighted by Gasteiger charge is 2.06. The number of rotatable bonds is 36. The third-order valence-electron chi connectivity index (χ3n) is 9.94. The predicted octanol–water partition coefficient (Wildman–Crippen LogP) is 14.9. The van der Waals surface area contributed by atoms with Gasteiger partial charge in [-0.15, -0.1) is 0 Å². The maximum Gasteiger partial charge on any atom is 0.224 e. The van der Waals surface area contributed by atoms with Crippen molar-refractivity contribution < 1.29 is 9.59 Å². The number of nitrogens with one attached hydrogen (secondary N) is 2.